The Kier molecular flexibility index (Phi) is 4.79. The lowest BCUT2D eigenvalue weighted by molar-refractivity contribution is -0.118. The van der Waals surface area contributed by atoms with Crippen LogP contribution in [0.2, 0.25) is 5.02 Å². The van der Waals surface area contributed by atoms with Gasteiger partial charge in [-0.05, 0) is 37.0 Å². The molecule has 1 heterocycles. The molecule has 5 heteroatoms. The molecule has 0 spiro atoms. The van der Waals surface area contributed by atoms with Gasteiger partial charge in [-0.15, -0.1) is 6.58 Å². The molecule has 0 N–H and O–H groups in total. The van der Waals surface area contributed by atoms with Crippen molar-refractivity contribution in [2.45, 2.75) is 38.6 Å². The number of hydrogen-bond acceptors (Lipinski definition) is 2. The van der Waals surface area contributed by atoms with E-state index in [4.69, 9.17) is 11.6 Å². The van der Waals surface area contributed by atoms with E-state index in [1.807, 2.05) is 28.8 Å². The lowest BCUT2D eigenvalue weighted by Gasteiger charge is -2.04. The van der Waals surface area contributed by atoms with Crippen molar-refractivity contribution in [1.29, 1.82) is 0 Å². The Hall–Kier alpha value is -1.39. The summed E-state index contributed by atoms with van der Waals surface area (Å²) in [7, 11) is 0. The molecule has 0 saturated heterocycles. The molecule has 0 aliphatic heterocycles. The number of halogens is 1. The van der Waals surface area contributed by atoms with Gasteiger partial charge in [-0.1, -0.05) is 41.9 Å². The molecule has 0 atom stereocenters. The Morgan fingerprint density at radius 2 is 2.23 bits per heavy atom. The van der Waals surface area contributed by atoms with Crippen LogP contribution in [-0.4, -0.2) is 10.5 Å². The molecule has 1 amide bonds. The smallest absolute Gasteiger partial charge is 0.248 e. The minimum atomic E-state index is -0.0117. The molecule has 0 unspecified atom stereocenters. The van der Waals surface area contributed by atoms with Crippen LogP contribution >= 0.6 is 22.9 Å². The molecule has 116 valence electrons. The highest BCUT2D eigenvalue weighted by Crippen LogP contribution is 2.28. The Bertz CT molecular complexity index is 769. The summed E-state index contributed by atoms with van der Waals surface area (Å²) in [5.74, 6) is 0.510. The van der Waals surface area contributed by atoms with Gasteiger partial charge in [-0.25, -0.2) is 0 Å². The Morgan fingerprint density at radius 3 is 2.95 bits per heavy atom. The zero-order valence-electron chi connectivity index (χ0n) is 12.4. The van der Waals surface area contributed by atoms with E-state index in [-0.39, 0.29) is 5.91 Å². The van der Waals surface area contributed by atoms with Crippen molar-refractivity contribution in [2.24, 2.45) is 10.9 Å². The van der Waals surface area contributed by atoms with Crippen LogP contribution in [0.3, 0.4) is 0 Å². The Morgan fingerprint density at radius 1 is 1.45 bits per heavy atom. The fourth-order valence-electron chi connectivity index (χ4n) is 3.05. The summed E-state index contributed by atoms with van der Waals surface area (Å²) in [5.41, 5.74) is 1.04. The van der Waals surface area contributed by atoms with Crippen LogP contribution in [0.25, 0.3) is 10.2 Å². The van der Waals surface area contributed by atoms with Gasteiger partial charge in [0.25, 0.3) is 0 Å². The van der Waals surface area contributed by atoms with E-state index in [1.54, 1.807) is 0 Å². The first-order valence-electron chi connectivity index (χ1n) is 7.64. The number of carbonyl (C=O) groups excluding carboxylic acids is 1. The molecular formula is C17H19ClN2OS. The highest BCUT2D eigenvalue weighted by Gasteiger charge is 2.18. The topological polar surface area (TPSA) is 34.4 Å². The lowest BCUT2D eigenvalue weighted by atomic mass is 10.0. The molecule has 1 aromatic heterocycles. The summed E-state index contributed by atoms with van der Waals surface area (Å²) in [5, 5.41) is 0.698. The fraction of sp³-hybridized carbons (Fsp3) is 0.412. The van der Waals surface area contributed by atoms with Crippen LogP contribution in [0.1, 0.15) is 32.1 Å². The highest BCUT2D eigenvalue weighted by atomic mass is 35.5. The van der Waals surface area contributed by atoms with Crippen molar-refractivity contribution in [2.75, 3.05) is 0 Å². The Balaban J connectivity index is 1.96. The van der Waals surface area contributed by atoms with Crippen LogP contribution in [0.15, 0.2) is 35.8 Å². The van der Waals surface area contributed by atoms with E-state index >= 15 is 0 Å². The van der Waals surface area contributed by atoms with E-state index in [0.717, 1.165) is 27.9 Å². The number of hydrogen-bond donors (Lipinski definition) is 0. The van der Waals surface area contributed by atoms with Crippen molar-refractivity contribution >= 4 is 39.1 Å². The van der Waals surface area contributed by atoms with Gasteiger partial charge in [0.2, 0.25) is 5.91 Å². The maximum Gasteiger partial charge on any atom is 0.248 e. The second kappa shape index (κ2) is 6.80. The minimum absolute atomic E-state index is 0.0117. The largest absolute Gasteiger partial charge is 0.313 e. The van der Waals surface area contributed by atoms with Crippen molar-refractivity contribution in [3.05, 3.63) is 40.7 Å². The number of benzene rings is 1. The summed E-state index contributed by atoms with van der Waals surface area (Å²) in [6, 6.07) is 5.75. The average Bonchev–Trinajstić information content (AvgIpc) is 3.08. The van der Waals surface area contributed by atoms with Crippen molar-refractivity contribution in [3.8, 4) is 0 Å². The zero-order chi connectivity index (χ0) is 15.5. The molecule has 2 aromatic rings. The average molecular weight is 335 g/mol. The molecule has 22 heavy (non-hydrogen) atoms. The summed E-state index contributed by atoms with van der Waals surface area (Å²) in [6.07, 6.45) is 7.21. The summed E-state index contributed by atoms with van der Waals surface area (Å²) < 4.78 is 3.07. The number of nitrogens with zero attached hydrogens (tertiary/aromatic N) is 2. The van der Waals surface area contributed by atoms with Crippen LogP contribution in [0.4, 0.5) is 0 Å². The lowest BCUT2D eigenvalue weighted by Crippen LogP contribution is -2.17. The normalized spacial score (nSPS) is 16.5. The molecule has 1 fully saturated rings. The third-order valence-corrected chi connectivity index (χ3v) is 5.39. The SMILES string of the molecule is C=CCn1c(=NC(=O)CC2CCCC2)sc2cc(Cl)ccc21. The molecule has 3 nitrogen and oxygen atoms in total. The summed E-state index contributed by atoms with van der Waals surface area (Å²) in [6.45, 7) is 4.43. The van der Waals surface area contributed by atoms with Gasteiger partial charge in [-0.2, -0.15) is 4.99 Å². The van der Waals surface area contributed by atoms with E-state index in [1.165, 1.54) is 24.2 Å². The van der Waals surface area contributed by atoms with Gasteiger partial charge in [0, 0.05) is 18.0 Å². The van der Waals surface area contributed by atoms with E-state index in [2.05, 4.69) is 11.6 Å². The van der Waals surface area contributed by atoms with Gasteiger partial charge >= 0.3 is 0 Å². The first kappa shape index (κ1) is 15.5. The quantitative estimate of drug-likeness (QED) is 0.755. The van der Waals surface area contributed by atoms with Gasteiger partial charge in [0.05, 0.1) is 10.2 Å². The second-order valence-electron chi connectivity index (χ2n) is 5.76. The third kappa shape index (κ3) is 3.33. The van der Waals surface area contributed by atoms with Crippen molar-refractivity contribution < 1.29 is 4.79 Å². The predicted molar refractivity (Wildman–Crippen MR) is 92.2 cm³/mol. The molecule has 1 aliphatic rings. The molecular weight excluding hydrogens is 316 g/mol. The molecule has 1 aliphatic carbocycles. The fourth-order valence-corrected chi connectivity index (χ4v) is 4.38. The van der Waals surface area contributed by atoms with Crippen LogP contribution in [0, 0.1) is 5.92 Å². The second-order valence-corrected chi connectivity index (χ2v) is 7.20. The maximum atomic E-state index is 12.2. The van der Waals surface area contributed by atoms with E-state index < -0.39 is 0 Å². The highest BCUT2D eigenvalue weighted by molar-refractivity contribution is 7.16. The van der Waals surface area contributed by atoms with E-state index in [9.17, 15) is 4.79 Å². The number of carbonyl (C=O) groups is 1. The molecule has 0 radical (unpaired) electrons. The monoisotopic (exact) mass is 334 g/mol. The van der Waals surface area contributed by atoms with E-state index in [0.29, 0.717) is 23.9 Å². The Labute approximate surface area is 138 Å². The van der Waals surface area contributed by atoms with Crippen LogP contribution in [-0.2, 0) is 11.3 Å². The minimum Gasteiger partial charge on any atom is -0.313 e. The maximum absolute atomic E-state index is 12.2. The van der Waals surface area contributed by atoms with Gasteiger partial charge in [-0.3, -0.25) is 4.79 Å². The van der Waals surface area contributed by atoms with Crippen molar-refractivity contribution in [1.82, 2.24) is 4.57 Å². The first-order chi connectivity index (χ1) is 10.7. The van der Waals surface area contributed by atoms with Gasteiger partial charge in [0.1, 0.15) is 0 Å². The molecule has 1 aromatic carbocycles. The van der Waals surface area contributed by atoms with Gasteiger partial charge < -0.3 is 4.57 Å². The predicted octanol–water partition coefficient (Wildman–Crippen LogP) is 4.55. The number of rotatable bonds is 4. The first-order valence-corrected chi connectivity index (χ1v) is 8.84. The van der Waals surface area contributed by atoms with Crippen molar-refractivity contribution in [3.63, 3.8) is 0 Å². The van der Waals surface area contributed by atoms with Gasteiger partial charge in [0.15, 0.2) is 4.80 Å². The summed E-state index contributed by atoms with van der Waals surface area (Å²) >= 11 is 7.56. The van der Waals surface area contributed by atoms with Crippen LogP contribution < -0.4 is 4.80 Å². The number of amides is 1. The van der Waals surface area contributed by atoms with Crippen LogP contribution in [0.5, 0.6) is 0 Å². The zero-order valence-corrected chi connectivity index (χ0v) is 14.0. The third-order valence-electron chi connectivity index (χ3n) is 4.11. The molecule has 3 rings (SSSR count). The summed E-state index contributed by atoms with van der Waals surface area (Å²) in [4.78, 5) is 17.3. The molecule has 1 saturated carbocycles. The standard InChI is InChI=1S/C17H19ClN2OS/c1-2-9-20-14-8-7-13(18)11-15(14)22-17(20)19-16(21)10-12-5-3-4-6-12/h2,7-8,11-12H,1,3-6,9-10H2. The number of thiazole rings is 1. The number of allylic oxidation sites excluding steroid dienone is 1. The number of fused-ring (bicyclic) bond motifs is 1. The number of aromatic nitrogens is 1. The molecule has 0 bridgehead atoms.